The van der Waals surface area contributed by atoms with E-state index in [1.54, 1.807) is 0 Å². The van der Waals surface area contributed by atoms with Gasteiger partial charge in [0.15, 0.2) is 0 Å². The first-order valence-corrected chi connectivity index (χ1v) is 6.41. The van der Waals surface area contributed by atoms with Gasteiger partial charge in [0.2, 0.25) is 0 Å². The summed E-state index contributed by atoms with van der Waals surface area (Å²) in [5.74, 6) is -0.115. The molecule has 0 saturated heterocycles. The molecular formula is C11H21BrO2. The van der Waals surface area contributed by atoms with Gasteiger partial charge in [0.1, 0.15) is 10.9 Å². The van der Waals surface area contributed by atoms with Crippen LogP contribution in [0.1, 0.15) is 52.9 Å². The molecule has 14 heavy (non-hydrogen) atoms. The minimum Gasteiger partial charge on any atom is -0.462 e. The molecule has 0 aromatic rings. The zero-order chi connectivity index (χ0) is 11.0. The SMILES string of the molecule is CCCCC(CC)OC(=O)C(Br)CC. The highest BCUT2D eigenvalue weighted by molar-refractivity contribution is 9.10. The number of ether oxygens (including phenoxy) is 1. The average Bonchev–Trinajstić information content (AvgIpc) is 2.22. The molecule has 0 rings (SSSR count). The highest BCUT2D eigenvalue weighted by atomic mass is 79.9. The smallest absolute Gasteiger partial charge is 0.319 e. The van der Waals surface area contributed by atoms with Crippen LogP contribution in [0.15, 0.2) is 0 Å². The Hall–Kier alpha value is -0.0500. The van der Waals surface area contributed by atoms with E-state index in [4.69, 9.17) is 4.74 Å². The van der Waals surface area contributed by atoms with Crippen LogP contribution in [0.25, 0.3) is 0 Å². The molecule has 0 aromatic heterocycles. The zero-order valence-electron chi connectivity index (χ0n) is 9.38. The second kappa shape index (κ2) is 8.27. The summed E-state index contributed by atoms with van der Waals surface area (Å²) in [5, 5.41) is 0. The third kappa shape index (κ3) is 5.63. The Kier molecular flexibility index (Phi) is 8.24. The third-order valence-corrected chi connectivity index (χ3v) is 3.25. The van der Waals surface area contributed by atoms with Crippen molar-refractivity contribution in [2.24, 2.45) is 0 Å². The van der Waals surface area contributed by atoms with Crippen LogP contribution in [0.5, 0.6) is 0 Å². The van der Waals surface area contributed by atoms with Gasteiger partial charge in [-0.3, -0.25) is 4.79 Å². The first-order valence-electron chi connectivity index (χ1n) is 5.50. The molecule has 2 unspecified atom stereocenters. The molecule has 0 aliphatic heterocycles. The lowest BCUT2D eigenvalue weighted by Gasteiger charge is -2.17. The maximum Gasteiger partial charge on any atom is 0.319 e. The van der Waals surface area contributed by atoms with E-state index in [2.05, 4.69) is 29.8 Å². The van der Waals surface area contributed by atoms with Gasteiger partial charge in [0.05, 0.1) is 0 Å². The molecule has 0 spiro atoms. The molecular weight excluding hydrogens is 244 g/mol. The summed E-state index contributed by atoms with van der Waals surface area (Å²) in [5.41, 5.74) is 0. The van der Waals surface area contributed by atoms with Gasteiger partial charge in [-0.15, -0.1) is 0 Å². The number of carbonyl (C=O) groups is 1. The van der Waals surface area contributed by atoms with Crippen LogP contribution in [0.2, 0.25) is 0 Å². The van der Waals surface area contributed by atoms with Crippen LogP contribution < -0.4 is 0 Å². The van der Waals surface area contributed by atoms with Crippen molar-refractivity contribution >= 4 is 21.9 Å². The van der Waals surface area contributed by atoms with Crippen molar-refractivity contribution in [3.63, 3.8) is 0 Å². The lowest BCUT2D eigenvalue weighted by Crippen LogP contribution is -2.23. The molecule has 3 heteroatoms. The van der Waals surface area contributed by atoms with Gasteiger partial charge in [0, 0.05) is 0 Å². The van der Waals surface area contributed by atoms with E-state index in [1.165, 1.54) is 0 Å². The summed E-state index contributed by atoms with van der Waals surface area (Å²) in [6.45, 7) is 6.17. The number of unbranched alkanes of at least 4 members (excludes halogenated alkanes) is 1. The zero-order valence-corrected chi connectivity index (χ0v) is 11.0. The number of alkyl halides is 1. The first kappa shape index (κ1) is 13.9. The van der Waals surface area contributed by atoms with Gasteiger partial charge in [-0.1, -0.05) is 49.5 Å². The Balaban J connectivity index is 3.85. The summed E-state index contributed by atoms with van der Waals surface area (Å²) >= 11 is 3.29. The van der Waals surface area contributed by atoms with Gasteiger partial charge < -0.3 is 4.74 Å². The maximum absolute atomic E-state index is 11.4. The Labute approximate surface area is 95.5 Å². The van der Waals surface area contributed by atoms with E-state index in [1.807, 2.05) is 6.92 Å². The van der Waals surface area contributed by atoms with Crippen molar-refractivity contribution in [3.8, 4) is 0 Å². The molecule has 0 radical (unpaired) electrons. The number of hydrogen-bond acceptors (Lipinski definition) is 2. The molecule has 0 saturated carbocycles. The number of esters is 1. The fourth-order valence-corrected chi connectivity index (χ4v) is 1.29. The van der Waals surface area contributed by atoms with E-state index in [-0.39, 0.29) is 16.9 Å². The summed E-state index contributed by atoms with van der Waals surface area (Å²) in [4.78, 5) is 11.3. The maximum atomic E-state index is 11.4. The van der Waals surface area contributed by atoms with Crippen LogP contribution in [-0.4, -0.2) is 16.9 Å². The summed E-state index contributed by atoms with van der Waals surface area (Å²) in [6.07, 6.45) is 5.07. The number of carbonyl (C=O) groups excluding carboxylic acids is 1. The van der Waals surface area contributed by atoms with Crippen LogP contribution in [0.3, 0.4) is 0 Å². The Morgan fingerprint density at radius 2 is 1.93 bits per heavy atom. The Morgan fingerprint density at radius 1 is 1.29 bits per heavy atom. The van der Waals surface area contributed by atoms with Crippen molar-refractivity contribution in [2.75, 3.05) is 0 Å². The quantitative estimate of drug-likeness (QED) is 0.518. The van der Waals surface area contributed by atoms with Gasteiger partial charge in [0.25, 0.3) is 0 Å². The molecule has 0 aliphatic rings. The van der Waals surface area contributed by atoms with E-state index in [0.29, 0.717) is 0 Å². The van der Waals surface area contributed by atoms with Gasteiger partial charge in [-0.05, 0) is 19.3 Å². The highest BCUT2D eigenvalue weighted by Gasteiger charge is 2.18. The molecule has 0 N–H and O–H groups in total. The normalized spacial score (nSPS) is 14.9. The minimum atomic E-state index is -0.141. The standard InChI is InChI=1S/C11H21BrO2/c1-4-7-8-9(5-2)14-11(13)10(12)6-3/h9-10H,4-8H2,1-3H3. The Morgan fingerprint density at radius 3 is 2.36 bits per heavy atom. The van der Waals surface area contributed by atoms with E-state index in [0.717, 1.165) is 32.1 Å². The van der Waals surface area contributed by atoms with E-state index >= 15 is 0 Å². The topological polar surface area (TPSA) is 26.3 Å². The summed E-state index contributed by atoms with van der Waals surface area (Å²) in [7, 11) is 0. The second-order valence-corrected chi connectivity index (χ2v) is 4.59. The number of hydrogen-bond donors (Lipinski definition) is 0. The van der Waals surface area contributed by atoms with E-state index in [9.17, 15) is 4.79 Å². The van der Waals surface area contributed by atoms with Gasteiger partial charge in [-0.2, -0.15) is 0 Å². The van der Waals surface area contributed by atoms with Crippen LogP contribution >= 0.6 is 15.9 Å². The molecule has 2 nitrogen and oxygen atoms in total. The summed E-state index contributed by atoms with van der Waals surface area (Å²) < 4.78 is 5.37. The molecule has 0 heterocycles. The molecule has 0 amide bonds. The lowest BCUT2D eigenvalue weighted by atomic mass is 10.1. The second-order valence-electron chi connectivity index (χ2n) is 3.49. The minimum absolute atomic E-state index is 0.106. The predicted octanol–water partition coefficient (Wildman–Crippen LogP) is 3.67. The van der Waals surface area contributed by atoms with Crippen molar-refractivity contribution in [2.45, 2.75) is 63.8 Å². The van der Waals surface area contributed by atoms with Crippen LogP contribution in [0, 0.1) is 0 Å². The first-order chi connectivity index (χ1) is 6.65. The Bertz CT molecular complexity index is 159. The van der Waals surface area contributed by atoms with E-state index < -0.39 is 0 Å². The van der Waals surface area contributed by atoms with Crippen molar-refractivity contribution in [1.29, 1.82) is 0 Å². The predicted molar refractivity (Wildman–Crippen MR) is 62.7 cm³/mol. The van der Waals surface area contributed by atoms with Crippen molar-refractivity contribution in [1.82, 2.24) is 0 Å². The highest BCUT2D eigenvalue weighted by Crippen LogP contribution is 2.13. The molecule has 84 valence electrons. The van der Waals surface area contributed by atoms with Crippen LogP contribution in [0.4, 0.5) is 0 Å². The van der Waals surface area contributed by atoms with Gasteiger partial charge >= 0.3 is 5.97 Å². The number of rotatable bonds is 7. The summed E-state index contributed by atoms with van der Waals surface area (Å²) in [6, 6.07) is 0. The molecule has 0 aliphatic carbocycles. The van der Waals surface area contributed by atoms with Crippen LogP contribution in [-0.2, 0) is 9.53 Å². The molecule has 2 atom stereocenters. The molecule has 0 bridgehead atoms. The lowest BCUT2D eigenvalue weighted by molar-refractivity contribution is -0.148. The average molecular weight is 265 g/mol. The monoisotopic (exact) mass is 264 g/mol. The fraction of sp³-hybridized carbons (Fsp3) is 0.909. The largest absolute Gasteiger partial charge is 0.462 e. The fourth-order valence-electron chi connectivity index (χ4n) is 1.18. The van der Waals surface area contributed by atoms with Crippen molar-refractivity contribution < 1.29 is 9.53 Å². The number of halogens is 1. The third-order valence-electron chi connectivity index (χ3n) is 2.23. The van der Waals surface area contributed by atoms with Gasteiger partial charge in [-0.25, -0.2) is 0 Å². The molecule has 0 aromatic carbocycles. The molecule has 0 fully saturated rings. The van der Waals surface area contributed by atoms with Crippen molar-refractivity contribution in [3.05, 3.63) is 0 Å².